The number of hydrogen-bond acceptors (Lipinski definition) is 4. The van der Waals surface area contributed by atoms with Gasteiger partial charge in [-0.2, -0.15) is 0 Å². The molecule has 1 aromatic carbocycles. The van der Waals surface area contributed by atoms with Crippen molar-refractivity contribution in [1.82, 2.24) is 4.72 Å². The van der Waals surface area contributed by atoms with Crippen LogP contribution in [0.25, 0.3) is 0 Å². The van der Waals surface area contributed by atoms with Gasteiger partial charge in [0.2, 0.25) is 10.0 Å². The Bertz CT molecular complexity index is 586. The van der Waals surface area contributed by atoms with E-state index < -0.39 is 15.6 Å². The molecule has 0 saturated heterocycles. The molecule has 0 fully saturated rings. The zero-order valence-electron chi connectivity index (χ0n) is 13.4. The molecular weight excluding hydrogens is 288 g/mol. The average Bonchev–Trinajstić information content (AvgIpc) is 2.43. The van der Waals surface area contributed by atoms with Gasteiger partial charge in [0.15, 0.2) is 0 Å². The second-order valence-electron chi connectivity index (χ2n) is 5.61. The van der Waals surface area contributed by atoms with Crippen LogP contribution in [0.4, 0.5) is 5.69 Å². The van der Waals surface area contributed by atoms with Crippen LogP contribution < -0.4 is 10.5 Å². The summed E-state index contributed by atoms with van der Waals surface area (Å²) < 4.78 is 28.3. The van der Waals surface area contributed by atoms with Crippen LogP contribution in [0.3, 0.4) is 0 Å². The van der Waals surface area contributed by atoms with E-state index in [1.54, 1.807) is 19.9 Å². The Morgan fingerprint density at radius 3 is 2.14 bits per heavy atom. The summed E-state index contributed by atoms with van der Waals surface area (Å²) in [4.78, 5) is 0.222. The third-order valence-electron chi connectivity index (χ3n) is 4.35. The topological polar surface area (TPSA) is 92.4 Å². The van der Waals surface area contributed by atoms with Gasteiger partial charge in [0, 0.05) is 5.69 Å². The highest BCUT2D eigenvalue weighted by Crippen LogP contribution is 2.29. The molecule has 0 amide bonds. The van der Waals surface area contributed by atoms with Gasteiger partial charge in [-0.3, -0.25) is 0 Å². The van der Waals surface area contributed by atoms with Crippen LogP contribution in [0, 0.1) is 20.8 Å². The average molecular weight is 314 g/mol. The van der Waals surface area contributed by atoms with Gasteiger partial charge in [-0.25, -0.2) is 13.1 Å². The minimum absolute atomic E-state index is 0.222. The second kappa shape index (κ2) is 6.34. The predicted molar refractivity (Wildman–Crippen MR) is 85.8 cm³/mol. The van der Waals surface area contributed by atoms with Gasteiger partial charge in [0.1, 0.15) is 0 Å². The van der Waals surface area contributed by atoms with Gasteiger partial charge in [0.05, 0.1) is 17.0 Å². The van der Waals surface area contributed by atoms with Gasteiger partial charge in [-0.05, 0) is 56.4 Å². The first-order valence-corrected chi connectivity index (χ1v) is 8.63. The molecule has 0 atom stereocenters. The molecule has 0 unspecified atom stereocenters. The van der Waals surface area contributed by atoms with Crippen molar-refractivity contribution in [2.75, 3.05) is 12.3 Å². The first-order chi connectivity index (χ1) is 9.64. The first kappa shape index (κ1) is 17.9. The minimum atomic E-state index is -3.75. The Morgan fingerprint density at radius 1 is 1.19 bits per heavy atom. The SMILES string of the molecule is CCC(CC)(CO)NS(=O)(=O)c1c(C)c(C)cc(N)c1C. The van der Waals surface area contributed by atoms with Crippen molar-refractivity contribution in [3.8, 4) is 0 Å². The summed E-state index contributed by atoms with van der Waals surface area (Å²) in [5.41, 5.74) is 7.60. The van der Waals surface area contributed by atoms with Gasteiger partial charge in [-0.1, -0.05) is 13.8 Å². The van der Waals surface area contributed by atoms with E-state index in [9.17, 15) is 13.5 Å². The summed E-state index contributed by atoms with van der Waals surface area (Å²) in [6, 6.07) is 1.78. The summed E-state index contributed by atoms with van der Waals surface area (Å²) >= 11 is 0. The van der Waals surface area contributed by atoms with E-state index in [0.717, 1.165) is 5.56 Å². The fourth-order valence-corrected chi connectivity index (χ4v) is 4.54. The van der Waals surface area contributed by atoms with Gasteiger partial charge < -0.3 is 10.8 Å². The molecule has 0 spiro atoms. The molecule has 6 heteroatoms. The van der Waals surface area contributed by atoms with Crippen molar-refractivity contribution in [2.24, 2.45) is 0 Å². The molecule has 0 saturated carbocycles. The molecule has 4 N–H and O–H groups in total. The van der Waals surface area contributed by atoms with Crippen molar-refractivity contribution < 1.29 is 13.5 Å². The smallest absolute Gasteiger partial charge is 0.241 e. The summed E-state index contributed by atoms with van der Waals surface area (Å²) in [5, 5.41) is 9.58. The van der Waals surface area contributed by atoms with Crippen LogP contribution in [0.5, 0.6) is 0 Å². The third kappa shape index (κ3) is 3.39. The van der Waals surface area contributed by atoms with E-state index in [-0.39, 0.29) is 11.5 Å². The predicted octanol–water partition coefficient (Wildman–Crippen LogP) is 2.02. The molecule has 0 aliphatic rings. The highest BCUT2D eigenvalue weighted by molar-refractivity contribution is 7.89. The van der Waals surface area contributed by atoms with Crippen LogP contribution in [0.15, 0.2) is 11.0 Å². The van der Waals surface area contributed by atoms with E-state index >= 15 is 0 Å². The Labute approximate surface area is 127 Å². The number of aliphatic hydroxyl groups excluding tert-OH is 1. The molecule has 0 heterocycles. The Balaban J connectivity index is 3.46. The standard InChI is InChI=1S/C15H26N2O3S/c1-6-15(7-2,9-18)17-21(19,20)14-11(4)10(3)8-13(16)12(14)5/h8,17-18H,6-7,9,16H2,1-5H3. The number of benzene rings is 1. The van der Waals surface area contributed by atoms with Crippen LogP contribution in [0.2, 0.25) is 0 Å². The molecule has 1 aromatic rings. The number of anilines is 1. The van der Waals surface area contributed by atoms with Crippen molar-refractivity contribution in [3.05, 3.63) is 22.8 Å². The number of aliphatic hydroxyl groups is 1. The van der Waals surface area contributed by atoms with Crippen molar-refractivity contribution >= 4 is 15.7 Å². The lowest BCUT2D eigenvalue weighted by Crippen LogP contribution is -2.50. The minimum Gasteiger partial charge on any atom is -0.398 e. The highest BCUT2D eigenvalue weighted by Gasteiger charge is 2.33. The second-order valence-corrected chi connectivity index (χ2v) is 7.23. The highest BCUT2D eigenvalue weighted by atomic mass is 32.2. The van der Waals surface area contributed by atoms with E-state index in [1.807, 2.05) is 20.8 Å². The van der Waals surface area contributed by atoms with Gasteiger partial charge in [0.25, 0.3) is 0 Å². The monoisotopic (exact) mass is 314 g/mol. The molecule has 5 nitrogen and oxygen atoms in total. The van der Waals surface area contributed by atoms with E-state index in [1.165, 1.54) is 0 Å². The molecule has 1 rings (SSSR count). The molecule has 0 aliphatic carbocycles. The number of nitrogens with two attached hydrogens (primary N) is 1. The summed E-state index contributed by atoms with van der Waals surface area (Å²) in [7, 11) is -3.75. The van der Waals surface area contributed by atoms with Gasteiger partial charge >= 0.3 is 0 Å². The summed E-state index contributed by atoms with van der Waals surface area (Å²) in [5.74, 6) is 0. The van der Waals surface area contributed by atoms with Crippen molar-refractivity contribution in [1.29, 1.82) is 0 Å². The Hall–Kier alpha value is -1.11. The van der Waals surface area contributed by atoms with Crippen LogP contribution in [-0.2, 0) is 10.0 Å². The number of rotatable bonds is 6. The maximum absolute atomic E-state index is 12.8. The molecule has 120 valence electrons. The summed E-state index contributed by atoms with van der Waals surface area (Å²) in [6.07, 6.45) is 1.03. The molecular formula is C15H26N2O3S. The molecule has 0 radical (unpaired) electrons. The van der Waals surface area contributed by atoms with Crippen LogP contribution >= 0.6 is 0 Å². The number of nitrogens with one attached hydrogen (secondary N) is 1. The Kier molecular flexibility index (Phi) is 5.41. The number of hydrogen-bond donors (Lipinski definition) is 3. The molecule has 0 bridgehead atoms. The zero-order valence-corrected chi connectivity index (χ0v) is 14.3. The zero-order chi connectivity index (χ0) is 16.4. The quantitative estimate of drug-likeness (QED) is 0.700. The first-order valence-electron chi connectivity index (χ1n) is 7.15. The normalized spacial score (nSPS) is 12.7. The molecule has 0 aromatic heterocycles. The third-order valence-corrected chi connectivity index (χ3v) is 6.21. The number of nitrogen functional groups attached to an aromatic ring is 1. The van der Waals surface area contributed by atoms with Crippen LogP contribution in [0.1, 0.15) is 43.4 Å². The fraction of sp³-hybridized carbons (Fsp3) is 0.600. The van der Waals surface area contributed by atoms with Crippen molar-refractivity contribution in [3.63, 3.8) is 0 Å². The Morgan fingerprint density at radius 2 is 1.71 bits per heavy atom. The molecule has 0 aliphatic heterocycles. The maximum atomic E-state index is 12.8. The maximum Gasteiger partial charge on any atom is 0.241 e. The summed E-state index contributed by atoms with van der Waals surface area (Å²) in [6.45, 7) is 8.78. The lowest BCUT2D eigenvalue weighted by molar-refractivity contribution is 0.172. The fourth-order valence-electron chi connectivity index (χ4n) is 2.43. The van der Waals surface area contributed by atoms with Crippen molar-refractivity contribution in [2.45, 2.75) is 57.9 Å². The largest absolute Gasteiger partial charge is 0.398 e. The lowest BCUT2D eigenvalue weighted by Gasteiger charge is -2.31. The van der Waals surface area contributed by atoms with Gasteiger partial charge in [-0.15, -0.1) is 0 Å². The molecule has 21 heavy (non-hydrogen) atoms. The van der Waals surface area contributed by atoms with E-state index in [4.69, 9.17) is 5.73 Å². The van der Waals surface area contributed by atoms with E-state index in [0.29, 0.717) is 29.7 Å². The lowest BCUT2D eigenvalue weighted by atomic mass is 9.96. The van der Waals surface area contributed by atoms with E-state index in [2.05, 4.69) is 4.72 Å². The number of aryl methyl sites for hydroxylation is 1. The van der Waals surface area contributed by atoms with Crippen LogP contribution in [-0.4, -0.2) is 25.7 Å². The number of sulfonamides is 1.